The van der Waals surface area contributed by atoms with Gasteiger partial charge in [0.2, 0.25) is 0 Å². The molecule has 1 aliphatic rings. The van der Waals surface area contributed by atoms with E-state index in [-0.39, 0.29) is 19.1 Å². The average Bonchev–Trinajstić information content (AvgIpc) is 2.80. The highest BCUT2D eigenvalue weighted by atomic mass is 32.2. The number of amides is 1. The van der Waals surface area contributed by atoms with Gasteiger partial charge in [0.1, 0.15) is 6.61 Å². The predicted molar refractivity (Wildman–Crippen MR) is 71.8 cm³/mol. The van der Waals surface area contributed by atoms with Crippen LogP contribution in [0.25, 0.3) is 0 Å². The van der Waals surface area contributed by atoms with E-state index in [0.29, 0.717) is 0 Å². The highest BCUT2D eigenvalue weighted by Crippen LogP contribution is 2.36. The van der Waals surface area contributed by atoms with Gasteiger partial charge in [0.15, 0.2) is 4.75 Å². The van der Waals surface area contributed by atoms with Crippen molar-refractivity contribution in [2.75, 3.05) is 6.61 Å². The van der Waals surface area contributed by atoms with E-state index in [1.54, 1.807) is 12.1 Å². The van der Waals surface area contributed by atoms with Crippen molar-refractivity contribution in [1.29, 1.82) is 0 Å². The van der Waals surface area contributed by atoms with Crippen LogP contribution in [0.15, 0.2) is 12.1 Å². The Labute approximate surface area is 115 Å². The van der Waals surface area contributed by atoms with E-state index in [4.69, 9.17) is 5.11 Å². The van der Waals surface area contributed by atoms with Crippen molar-refractivity contribution in [3.63, 3.8) is 0 Å². The maximum Gasteiger partial charge on any atom is 0.259 e. The summed E-state index contributed by atoms with van der Waals surface area (Å²) in [5.41, 5.74) is 0. The summed E-state index contributed by atoms with van der Waals surface area (Å²) in [6, 6.07) is 3.48. The predicted octanol–water partition coefficient (Wildman–Crippen LogP) is 0.543. The fraction of sp³-hybridized carbons (Fsp3) is 0.417. The third-order valence-electron chi connectivity index (χ3n) is 2.93. The largest absolute Gasteiger partial charge is 0.384 e. The number of aliphatic hydroxyl groups is 1. The van der Waals surface area contributed by atoms with Gasteiger partial charge in [0.25, 0.3) is 15.9 Å². The summed E-state index contributed by atoms with van der Waals surface area (Å²) < 4.78 is 23.4. The molecule has 1 amide bonds. The van der Waals surface area contributed by atoms with Crippen molar-refractivity contribution >= 4 is 27.3 Å². The van der Waals surface area contributed by atoms with E-state index < -0.39 is 14.8 Å². The maximum absolute atomic E-state index is 11.9. The lowest BCUT2D eigenvalue weighted by Gasteiger charge is -2.42. The average molecular weight is 299 g/mol. The molecule has 2 heterocycles. The molecule has 5 nitrogen and oxygen atoms in total. The molecule has 1 aliphatic heterocycles. The first-order valence-electron chi connectivity index (χ1n) is 5.56. The van der Waals surface area contributed by atoms with E-state index in [0.717, 1.165) is 14.1 Å². The number of aliphatic hydroxyl groups excluding tert-OH is 1. The zero-order valence-corrected chi connectivity index (χ0v) is 12.1. The summed E-state index contributed by atoms with van der Waals surface area (Å²) >= 11 is 1.31. The molecule has 1 aromatic heterocycles. The summed E-state index contributed by atoms with van der Waals surface area (Å²) in [4.78, 5) is 13.2. The van der Waals surface area contributed by atoms with Gasteiger partial charge in [-0.05, 0) is 26.0 Å². The van der Waals surface area contributed by atoms with Gasteiger partial charge in [-0.1, -0.05) is 11.8 Å². The van der Waals surface area contributed by atoms with Crippen molar-refractivity contribution < 1.29 is 18.3 Å². The third kappa shape index (κ3) is 2.16. The van der Waals surface area contributed by atoms with Crippen LogP contribution in [0.3, 0.4) is 0 Å². The fourth-order valence-corrected chi connectivity index (χ4v) is 4.17. The molecule has 0 aromatic carbocycles. The zero-order valence-electron chi connectivity index (χ0n) is 10.5. The molecule has 0 atom stereocenters. The number of hydrogen-bond acceptors (Lipinski definition) is 5. The summed E-state index contributed by atoms with van der Waals surface area (Å²) in [6.45, 7) is 2.65. The van der Waals surface area contributed by atoms with Gasteiger partial charge in [-0.2, -0.15) is 0 Å². The fourth-order valence-electron chi connectivity index (χ4n) is 1.71. The second-order valence-corrected chi connectivity index (χ2v) is 8.13. The molecular formula is C12H13NO4S2. The van der Waals surface area contributed by atoms with Crippen molar-refractivity contribution in [2.24, 2.45) is 0 Å². The molecule has 19 heavy (non-hydrogen) atoms. The smallest absolute Gasteiger partial charge is 0.259 e. The van der Waals surface area contributed by atoms with Crippen LogP contribution in [0.5, 0.6) is 0 Å². The molecule has 0 saturated carbocycles. The molecule has 102 valence electrons. The Morgan fingerprint density at radius 1 is 1.42 bits per heavy atom. The van der Waals surface area contributed by atoms with E-state index in [2.05, 4.69) is 11.8 Å². The van der Waals surface area contributed by atoms with Gasteiger partial charge < -0.3 is 5.11 Å². The Balaban J connectivity index is 2.16. The number of carbonyl (C=O) groups is 1. The highest BCUT2D eigenvalue weighted by molar-refractivity contribution is 7.94. The van der Waals surface area contributed by atoms with Crippen molar-refractivity contribution in [2.45, 2.75) is 25.1 Å². The van der Waals surface area contributed by atoms with Crippen LogP contribution >= 0.6 is 11.3 Å². The van der Waals surface area contributed by atoms with E-state index in [1.807, 2.05) is 0 Å². The third-order valence-corrected chi connectivity index (χ3v) is 6.25. The minimum atomic E-state index is -3.54. The summed E-state index contributed by atoms with van der Waals surface area (Å²) in [7, 11) is -3.54. The van der Waals surface area contributed by atoms with Crippen LogP contribution in [0.4, 0.5) is 0 Å². The highest BCUT2D eigenvalue weighted by Gasteiger charge is 2.59. The Hall–Kier alpha value is -1.36. The normalized spacial score (nSPS) is 19.5. The number of nitrogens with zero attached hydrogens (tertiary/aromatic N) is 1. The summed E-state index contributed by atoms with van der Waals surface area (Å²) in [5.74, 6) is 4.87. The first-order chi connectivity index (χ1) is 8.80. The van der Waals surface area contributed by atoms with Gasteiger partial charge in [0, 0.05) is 4.88 Å². The lowest BCUT2D eigenvalue weighted by atomic mass is 10.2. The van der Waals surface area contributed by atoms with E-state index in [9.17, 15) is 13.2 Å². The minimum absolute atomic E-state index is 0.0517. The number of sulfonamides is 1. The topological polar surface area (TPSA) is 74.7 Å². The lowest BCUT2D eigenvalue weighted by molar-refractivity contribution is -0.132. The Morgan fingerprint density at radius 2 is 2.11 bits per heavy atom. The van der Waals surface area contributed by atoms with Gasteiger partial charge >= 0.3 is 0 Å². The second-order valence-electron chi connectivity index (χ2n) is 4.55. The maximum atomic E-state index is 11.9. The van der Waals surface area contributed by atoms with Crippen molar-refractivity contribution in [1.82, 2.24) is 4.31 Å². The van der Waals surface area contributed by atoms with Gasteiger partial charge in [-0.25, -0.2) is 12.7 Å². The van der Waals surface area contributed by atoms with E-state index >= 15 is 0 Å². The second kappa shape index (κ2) is 4.63. The number of rotatable bonds is 2. The first kappa shape index (κ1) is 14.1. The van der Waals surface area contributed by atoms with Crippen LogP contribution < -0.4 is 0 Å². The van der Waals surface area contributed by atoms with Crippen molar-refractivity contribution in [3.05, 3.63) is 21.9 Å². The van der Waals surface area contributed by atoms with Crippen LogP contribution in [-0.4, -0.2) is 35.1 Å². The standard InChI is InChI=1S/C12H13NO4S2/c1-12(2)11(15)13(19(12,16)17)8-10-6-5-9(18-10)4-3-7-14/h5-6,14H,7-8H2,1-2H3. The first-order valence-corrected chi connectivity index (χ1v) is 7.81. The Morgan fingerprint density at radius 3 is 2.68 bits per heavy atom. The molecule has 0 aliphatic carbocycles. The molecule has 7 heteroatoms. The van der Waals surface area contributed by atoms with Crippen LogP contribution in [-0.2, 0) is 21.4 Å². The number of carbonyl (C=O) groups excluding carboxylic acids is 1. The molecule has 2 rings (SSSR count). The van der Waals surface area contributed by atoms with Gasteiger partial charge in [-0.3, -0.25) is 4.79 Å². The van der Waals surface area contributed by atoms with Crippen LogP contribution in [0, 0.1) is 11.8 Å². The molecule has 1 N–H and O–H groups in total. The zero-order chi connectivity index (χ0) is 14.3. The molecule has 1 aromatic rings. The van der Waals surface area contributed by atoms with Gasteiger partial charge in [-0.15, -0.1) is 11.3 Å². The molecule has 0 spiro atoms. The SMILES string of the molecule is CC1(C)C(=O)N(Cc2ccc(C#CCO)s2)S1(=O)=O. The molecule has 0 radical (unpaired) electrons. The lowest BCUT2D eigenvalue weighted by Crippen LogP contribution is -2.66. The van der Waals surface area contributed by atoms with Crippen LogP contribution in [0.2, 0.25) is 0 Å². The number of hydrogen-bond donors (Lipinski definition) is 1. The quantitative estimate of drug-likeness (QED) is 0.809. The molecule has 0 bridgehead atoms. The Bertz CT molecular complexity index is 676. The molecule has 1 saturated heterocycles. The van der Waals surface area contributed by atoms with Gasteiger partial charge in [0.05, 0.1) is 11.4 Å². The Kier molecular flexibility index (Phi) is 3.43. The number of thiophene rings is 1. The molecule has 1 fully saturated rings. The van der Waals surface area contributed by atoms with E-state index in [1.165, 1.54) is 25.2 Å². The summed E-state index contributed by atoms with van der Waals surface area (Å²) in [6.07, 6.45) is 0. The monoisotopic (exact) mass is 299 g/mol. The molecule has 0 unspecified atom stereocenters. The van der Waals surface area contributed by atoms with Crippen LogP contribution in [0.1, 0.15) is 23.6 Å². The molecular weight excluding hydrogens is 286 g/mol. The minimum Gasteiger partial charge on any atom is -0.384 e. The van der Waals surface area contributed by atoms with Crippen molar-refractivity contribution in [3.8, 4) is 11.8 Å². The summed E-state index contributed by atoms with van der Waals surface area (Å²) in [5, 5.41) is 8.59.